The first-order valence-electron chi connectivity index (χ1n) is 21.2. The van der Waals surface area contributed by atoms with Crippen molar-refractivity contribution in [1.82, 2.24) is 19.2 Å². The average molecular weight is 823 g/mol. The summed E-state index contributed by atoms with van der Waals surface area (Å²) >= 11 is 0. The summed E-state index contributed by atoms with van der Waals surface area (Å²) in [5.74, 6) is -2.04. The maximum atomic E-state index is 14.9. The molecule has 1 saturated heterocycles. The number of para-hydroxylation sites is 1. The minimum Gasteiger partial charge on any atom is -0.459 e. The Labute approximate surface area is 346 Å². The monoisotopic (exact) mass is 822 g/mol. The number of halogens is 1. The summed E-state index contributed by atoms with van der Waals surface area (Å²) in [4.78, 5) is 50.4. The number of carbonyl (C=O) groups is 3. The van der Waals surface area contributed by atoms with Crippen molar-refractivity contribution in [3.05, 3.63) is 95.8 Å². The van der Waals surface area contributed by atoms with Gasteiger partial charge in [-0.1, -0.05) is 73.5 Å². The minimum absolute atomic E-state index is 0.0720. The van der Waals surface area contributed by atoms with Crippen LogP contribution >= 0.6 is 0 Å². The van der Waals surface area contributed by atoms with Crippen molar-refractivity contribution >= 4 is 38.7 Å². The summed E-state index contributed by atoms with van der Waals surface area (Å²) in [6.45, 7) is 7.69. The number of aryl methyl sites for hydroxylation is 1. The summed E-state index contributed by atoms with van der Waals surface area (Å²) in [5, 5.41) is 0. The van der Waals surface area contributed by atoms with Crippen LogP contribution in [-0.4, -0.2) is 63.9 Å². The molecule has 10 nitrogen and oxygen atoms in total. The lowest BCUT2D eigenvalue weighted by atomic mass is 9.90. The predicted octanol–water partition coefficient (Wildman–Crippen LogP) is 8.42. The molecule has 1 N–H and O–H groups in total. The zero-order valence-corrected chi connectivity index (χ0v) is 35.3. The van der Waals surface area contributed by atoms with E-state index < -0.39 is 38.2 Å². The van der Waals surface area contributed by atoms with Gasteiger partial charge in [-0.15, -0.1) is 0 Å². The van der Waals surface area contributed by atoms with Crippen LogP contribution < -0.4 is 9.46 Å². The van der Waals surface area contributed by atoms with E-state index in [-0.39, 0.29) is 54.8 Å². The second-order valence-electron chi connectivity index (χ2n) is 18.0. The Kier molecular flexibility index (Phi) is 11.1. The van der Waals surface area contributed by atoms with E-state index in [2.05, 4.69) is 10.8 Å². The van der Waals surface area contributed by atoms with Crippen LogP contribution in [0, 0.1) is 30.0 Å². The maximum Gasteiger partial charge on any atom is 0.297 e. The lowest BCUT2D eigenvalue weighted by molar-refractivity contribution is -0.142. The van der Waals surface area contributed by atoms with Gasteiger partial charge >= 0.3 is 0 Å². The fourth-order valence-corrected chi connectivity index (χ4v) is 10.6. The van der Waals surface area contributed by atoms with Gasteiger partial charge in [0.25, 0.3) is 6.01 Å². The number of allylic oxidation sites excluding steroid dienone is 2. The van der Waals surface area contributed by atoms with Gasteiger partial charge in [-0.2, -0.15) is 4.98 Å². The van der Waals surface area contributed by atoms with Crippen LogP contribution in [0.3, 0.4) is 0 Å². The second kappa shape index (κ2) is 16.0. The molecule has 3 fully saturated rings. The van der Waals surface area contributed by atoms with E-state index in [1.54, 1.807) is 11.8 Å². The highest BCUT2D eigenvalue weighted by molar-refractivity contribution is 7.91. The van der Waals surface area contributed by atoms with Crippen LogP contribution in [0.5, 0.6) is 6.01 Å². The first-order valence-corrected chi connectivity index (χ1v) is 22.7. The molecule has 2 amide bonds. The molecule has 2 aliphatic carbocycles. The summed E-state index contributed by atoms with van der Waals surface area (Å²) in [6, 6.07) is 20.0. The Hall–Kier alpha value is -4.84. The lowest BCUT2D eigenvalue weighted by Crippen LogP contribution is -2.47. The Morgan fingerprint density at radius 2 is 1.81 bits per heavy atom. The van der Waals surface area contributed by atoms with Crippen LogP contribution in [0.1, 0.15) is 102 Å². The Balaban J connectivity index is 1.14. The fourth-order valence-electron chi connectivity index (χ4n) is 9.27. The lowest BCUT2D eigenvalue weighted by Gasteiger charge is -2.29. The van der Waals surface area contributed by atoms with Crippen LogP contribution in [0.15, 0.2) is 78.9 Å². The third kappa shape index (κ3) is 8.21. The number of nitrogens with one attached hydrogen (secondary N) is 1. The summed E-state index contributed by atoms with van der Waals surface area (Å²) in [5.41, 5.74) is 3.53. The Morgan fingerprint density at radius 3 is 2.54 bits per heavy atom. The largest absolute Gasteiger partial charge is 0.459 e. The molecule has 312 valence electrons. The zero-order valence-electron chi connectivity index (χ0n) is 34.5. The molecular weight excluding hydrogens is 768 g/mol. The molecule has 5 atom stereocenters. The molecule has 0 radical (unpaired) electrons. The van der Waals surface area contributed by atoms with Gasteiger partial charge in [0, 0.05) is 30.4 Å². The minimum atomic E-state index is -3.93. The number of ketones is 1. The van der Waals surface area contributed by atoms with Crippen molar-refractivity contribution in [2.24, 2.45) is 17.3 Å². The fraction of sp³-hybridized carbons (Fsp3) is 0.489. The number of aromatic nitrogens is 2. The van der Waals surface area contributed by atoms with Gasteiger partial charge in [0.1, 0.15) is 17.4 Å². The van der Waals surface area contributed by atoms with Crippen LogP contribution in [-0.2, 0) is 30.8 Å². The van der Waals surface area contributed by atoms with E-state index in [1.807, 2.05) is 86.0 Å². The van der Waals surface area contributed by atoms with Crippen LogP contribution in [0.2, 0.25) is 0 Å². The molecule has 3 aromatic carbocycles. The van der Waals surface area contributed by atoms with Gasteiger partial charge in [0.05, 0.1) is 28.3 Å². The van der Waals surface area contributed by atoms with E-state index in [4.69, 9.17) is 9.72 Å². The van der Waals surface area contributed by atoms with Gasteiger partial charge in [-0.05, 0) is 113 Å². The molecule has 2 aliphatic heterocycles. The van der Waals surface area contributed by atoms with E-state index >= 15 is 0 Å². The smallest absolute Gasteiger partial charge is 0.297 e. The zero-order chi connectivity index (χ0) is 41.7. The van der Waals surface area contributed by atoms with E-state index in [0.29, 0.717) is 49.2 Å². The molecule has 1 aromatic heterocycles. The highest BCUT2D eigenvalue weighted by Gasteiger charge is 2.62. The van der Waals surface area contributed by atoms with Crippen molar-refractivity contribution in [1.29, 1.82) is 0 Å². The van der Waals surface area contributed by atoms with Gasteiger partial charge in [-0.3, -0.25) is 23.7 Å². The number of sulfonamides is 1. The number of hydrogen-bond donors (Lipinski definition) is 1. The Bertz CT molecular complexity index is 2390. The standard InChI is InChI=1S/C47H55FN4O6S/c1-30(2)52-39-19-13-18-38(34-22-31(3)23-36(48)25-34)42(39)49-45(52)58-37-26-40-41(53)28-47(44(55)50-59(56,57)46(4)20-21-46)27-35(47)17-12-7-5-6-11-16-33(43(54)51(40)29-37)24-32-14-9-8-10-15-32/h8-10,12-15,17-19,22-23,25,30,33,35,37,40H,5-7,11,16,20-21,24,26-29H2,1-4H3,(H,50,55)/b17-12-/t33-,35-,37-,40+,47-/m1/s1. The number of amides is 2. The van der Waals surface area contributed by atoms with Crippen LogP contribution in [0.25, 0.3) is 22.2 Å². The van der Waals surface area contributed by atoms with Gasteiger partial charge in [0.2, 0.25) is 21.8 Å². The third-order valence-corrected chi connectivity index (χ3v) is 15.3. The SMILES string of the molecule is Cc1cc(F)cc(-c2cccc3c2nc(O[C@@H]2C[C@H]4C(=O)C[C@]5(C(=O)NS(=O)(=O)C6(C)CC6)C[C@H]5/C=C\CCCCC[C@H](Cc5ccccc5)C(=O)N4C2)n3C(C)C)c1. The predicted molar refractivity (Wildman–Crippen MR) is 226 cm³/mol. The number of nitrogens with zero attached hydrogens (tertiary/aromatic N) is 3. The van der Waals surface area contributed by atoms with Crippen molar-refractivity contribution < 1.29 is 31.9 Å². The first kappa shape index (κ1) is 40.9. The Morgan fingerprint density at radius 1 is 1.03 bits per heavy atom. The molecule has 4 aromatic rings. The van der Waals surface area contributed by atoms with E-state index in [0.717, 1.165) is 47.9 Å². The number of imidazole rings is 1. The molecule has 0 unspecified atom stereocenters. The number of fused-ring (bicyclic) bond motifs is 3. The van der Waals surface area contributed by atoms with E-state index in [1.165, 1.54) is 12.1 Å². The highest BCUT2D eigenvalue weighted by atomic mass is 32.2. The van der Waals surface area contributed by atoms with Crippen molar-refractivity contribution in [2.45, 2.75) is 121 Å². The third-order valence-electron chi connectivity index (χ3n) is 13.1. The molecule has 3 heterocycles. The quantitative estimate of drug-likeness (QED) is 0.168. The molecule has 8 rings (SSSR count). The maximum absolute atomic E-state index is 14.9. The van der Waals surface area contributed by atoms with Crippen LogP contribution in [0.4, 0.5) is 4.39 Å². The normalized spacial score (nSPS) is 26.4. The molecule has 59 heavy (non-hydrogen) atoms. The molecule has 0 bridgehead atoms. The summed E-state index contributed by atoms with van der Waals surface area (Å²) in [6.07, 6.45) is 9.43. The number of ether oxygens (including phenoxy) is 1. The van der Waals surface area contributed by atoms with Gasteiger partial charge in [-0.25, -0.2) is 12.8 Å². The molecular formula is C47H55FN4O6S. The van der Waals surface area contributed by atoms with Crippen molar-refractivity contribution in [3.8, 4) is 17.1 Å². The number of benzene rings is 3. The molecule has 0 spiro atoms. The average Bonchev–Trinajstić information content (AvgIpc) is 4.01. The molecule has 4 aliphatic rings. The first-order chi connectivity index (χ1) is 28.2. The van der Waals surface area contributed by atoms with Crippen molar-refractivity contribution in [2.75, 3.05) is 6.54 Å². The number of Topliss-reactive ketones (excluding diaryl/α,β-unsaturated/α-hetero) is 1. The van der Waals surface area contributed by atoms with Crippen molar-refractivity contribution in [3.63, 3.8) is 0 Å². The number of carbonyl (C=O) groups excluding carboxylic acids is 3. The molecule has 2 saturated carbocycles. The van der Waals surface area contributed by atoms with Gasteiger partial charge < -0.3 is 9.64 Å². The second-order valence-corrected chi connectivity index (χ2v) is 20.2. The highest BCUT2D eigenvalue weighted by Crippen LogP contribution is 2.57. The number of hydrogen-bond acceptors (Lipinski definition) is 7. The van der Waals surface area contributed by atoms with E-state index in [9.17, 15) is 27.2 Å². The topological polar surface area (TPSA) is 128 Å². The summed E-state index contributed by atoms with van der Waals surface area (Å²) < 4.78 is 51.3. The number of rotatable bonds is 9. The molecule has 12 heteroatoms. The van der Waals surface area contributed by atoms with Gasteiger partial charge in [0.15, 0.2) is 5.78 Å². The summed E-state index contributed by atoms with van der Waals surface area (Å²) in [7, 11) is -3.93.